The lowest BCUT2D eigenvalue weighted by atomic mass is 10.1. The standard InChI is InChI=1S/C12H19N3O/c13-8-7-10-4-1-2-5-11(14)15(10)12-6-3-9-16-12/h3,6,9-10,14H,1-2,4-5,7-8,13H2. The van der Waals surface area contributed by atoms with E-state index in [9.17, 15) is 0 Å². The van der Waals surface area contributed by atoms with Crippen LogP contribution in [0.4, 0.5) is 5.88 Å². The SMILES string of the molecule is N=C1CCCCC(CCN)N1c1ccco1. The maximum Gasteiger partial charge on any atom is 0.200 e. The first-order valence-electron chi connectivity index (χ1n) is 5.93. The van der Waals surface area contributed by atoms with E-state index in [4.69, 9.17) is 15.6 Å². The Bertz CT molecular complexity index is 334. The second kappa shape index (κ2) is 5.16. The minimum Gasteiger partial charge on any atom is -0.448 e. The molecule has 1 saturated heterocycles. The van der Waals surface area contributed by atoms with Crippen LogP contribution >= 0.6 is 0 Å². The Morgan fingerprint density at radius 3 is 3.06 bits per heavy atom. The average Bonchev–Trinajstić information content (AvgIpc) is 2.72. The fraction of sp³-hybridized carbons (Fsp3) is 0.583. The van der Waals surface area contributed by atoms with Gasteiger partial charge in [0.25, 0.3) is 0 Å². The fourth-order valence-corrected chi connectivity index (χ4v) is 2.33. The molecule has 1 unspecified atom stereocenters. The van der Waals surface area contributed by atoms with Gasteiger partial charge in [-0.25, -0.2) is 0 Å². The summed E-state index contributed by atoms with van der Waals surface area (Å²) >= 11 is 0. The van der Waals surface area contributed by atoms with E-state index in [0.717, 1.165) is 31.6 Å². The van der Waals surface area contributed by atoms with Gasteiger partial charge >= 0.3 is 0 Å². The van der Waals surface area contributed by atoms with E-state index in [1.165, 1.54) is 6.42 Å². The van der Waals surface area contributed by atoms with Crippen molar-refractivity contribution in [2.45, 2.75) is 38.1 Å². The summed E-state index contributed by atoms with van der Waals surface area (Å²) in [5.41, 5.74) is 5.64. The molecule has 1 aliphatic heterocycles. The van der Waals surface area contributed by atoms with E-state index in [2.05, 4.69) is 0 Å². The highest BCUT2D eigenvalue weighted by molar-refractivity contribution is 5.95. The van der Waals surface area contributed by atoms with Crippen molar-refractivity contribution in [3.05, 3.63) is 18.4 Å². The van der Waals surface area contributed by atoms with E-state index < -0.39 is 0 Å². The second-order valence-electron chi connectivity index (χ2n) is 4.24. The van der Waals surface area contributed by atoms with Gasteiger partial charge in [0.1, 0.15) is 5.84 Å². The Morgan fingerprint density at radius 1 is 1.50 bits per heavy atom. The molecule has 1 aliphatic rings. The minimum absolute atomic E-state index is 0.325. The Kier molecular flexibility index (Phi) is 3.62. The number of nitrogens with two attached hydrogens (primary N) is 1. The van der Waals surface area contributed by atoms with Crippen molar-refractivity contribution in [3.8, 4) is 0 Å². The highest BCUT2D eigenvalue weighted by atomic mass is 16.3. The van der Waals surface area contributed by atoms with Crippen molar-refractivity contribution in [2.24, 2.45) is 5.73 Å². The van der Waals surface area contributed by atoms with E-state index >= 15 is 0 Å². The predicted octanol–water partition coefficient (Wildman–Crippen LogP) is 2.35. The van der Waals surface area contributed by atoms with Crippen LogP contribution < -0.4 is 10.6 Å². The maximum absolute atomic E-state index is 8.10. The van der Waals surface area contributed by atoms with Crippen molar-refractivity contribution >= 4 is 11.7 Å². The summed E-state index contributed by atoms with van der Waals surface area (Å²) in [5.74, 6) is 1.44. The lowest BCUT2D eigenvalue weighted by Crippen LogP contribution is -2.39. The zero-order valence-corrected chi connectivity index (χ0v) is 9.48. The molecule has 2 heterocycles. The molecule has 4 heteroatoms. The van der Waals surface area contributed by atoms with Gasteiger partial charge in [-0.3, -0.25) is 10.3 Å². The molecule has 16 heavy (non-hydrogen) atoms. The van der Waals surface area contributed by atoms with E-state index in [-0.39, 0.29) is 0 Å². The first-order chi connectivity index (χ1) is 7.83. The number of nitrogens with one attached hydrogen (secondary N) is 1. The number of rotatable bonds is 3. The highest BCUT2D eigenvalue weighted by Gasteiger charge is 2.26. The predicted molar refractivity (Wildman–Crippen MR) is 64.8 cm³/mol. The van der Waals surface area contributed by atoms with Crippen molar-refractivity contribution in [1.82, 2.24) is 0 Å². The largest absolute Gasteiger partial charge is 0.448 e. The van der Waals surface area contributed by atoms with Crippen LogP contribution in [0.1, 0.15) is 32.1 Å². The van der Waals surface area contributed by atoms with Gasteiger partial charge in [-0.2, -0.15) is 0 Å². The second-order valence-corrected chi connectivity index (χ2v) is 4.24. The third-order valence-corrected chi connectivity index (χ3v) is 3.10. The molecule has 0 bridgehead atoms. The molecule has 3 N–H and O–H groups in total. The summed E-state index contributed by atoms with van der Waals surface area (Å²) < 4.78 is 5.42. The molecule has 1 aromatic heterocycles. The highest BCUT2D eigenvalue weighted by Crippen LogP contribution is 2.26. The molecule has 0 aromatic carbocycles. The van der Waals surface area contributed by atoms with Gasteiger partial charge < -0.3 is 10.2 Å². The van der Waals surface area contributed by atoms with Gasteiger partial charge in [-0.05, 0) is 31.9 Å². The van der Waals surface area contributed by atoms with Crippen LogP contribution in [-0.4, -0.2) is 18.4 Å². The molecular weight excluding hydrogens is 202 g/mol. The smallest absolute Gasteiger partial charge is 0.200 e. The number of hydrogen-bond donors (Lipinski definition) is 2. The van der Waals surface area contributed by atoms with Crippen LogP contribution in [0.2, 0.25) is 0 Å². The molecule has 4 nitrogen and oxygen atoms in total. The molecule has 88 valence electrons. The Labute approximate surface area is 95.9 Å². The Hall–Kier alpha value is -1.29. The summed E-state index contributed by atoms with van der Waals surface area (Å²) in [4.78, 5) is 2.01. The summed E-state index contributed by atoms with van der Waals surface area (Å²) in [7, 11) is 0. The first kappa shape index (κ1) is 11.2. The average molecular weight is 221 g/mol. The van der Waals surface area contributed by atoms with Crippen LogP contribution in [0.15, 0.2) is 22.8 Å². The van der Waals surface area contributed by atoms with Crippen LogP contribution in [0.5, 0.6) is 0 Å². The third kappa shape index (κ3) is 2.27. The van der Waals surface area contributed by atoms with Gasteiger partial charge in [0.05, 0.1) is 6.26 Å². The minimum atomic E-state index is 0.325. The van der Waals surface area contributed by atoms with Gasteiger partial charge in [0.15, 0.2) is 0 Å². The number of amidine groups is 1. The molecule has 0 spiro atoms. The topological polar surface area (TPSA) is 66.2 Å². The van der Waals surface area contributed by atoms with Gasteiger partial charge in [-0.15, -0.1) is 0 Å². The number of nitrogens with zero attached hydrogens (tertiary/aromatic N) is 1. The quantitative estimate of drug-likeness (QED) is 0.823. The molecule has 0 radical (unpaired) electrons. The molecule has 0 aliphatic carbocycles. The zero-order chi connectivity index (χ0) is 11.4. The van der Waals surface area contributed by atoms with Crippen molar-refractivity contribution in [3.63, 3.8) is 0 Å². The molecule has 0 amide bonds. The van der Waals surface area contributed by atoms with E-state index in [1.54, 1.807) is 6.26 Å². The molecule has 1 fully saturated rings. The van der Waals surface area contributed by atoms with Crippen molar-refractivity contribution in [2.75, 3.05) is 11.4 Å². The monoisotopic (exact) mass is 221 g/mol. The van der Waals surface area contributed by atoms with Crippen LogP contribution in [-0.2, 0) is 0 Å². The molecule has 2 rings (SSSR count). The summed E-state index contributed by atoms with van der Waals surface area (Å²) in [6.07, 6.45) is 6.78. The summed E-state index contributed by atoms with van der Waals surface area (Å²) in [6.45, 7) is 0.662. The third-order valence-electron chi connectivity index (χ3n) is 3.10. The zero-order valence-electron chi connectivity index (χ0n) is 9.48. The molecule has 1 atom stereocenters. The van der Waals surface area contributed by atoms with Gasteiger partial charge in [0.2, 0.25) is 5.88 Å². The molecular formula is C12H19N3O. The van der Waals surface area contributed by atoms with Crippen LogP contribution in [0, 0.1) is 5.41 Å². The van der Waals surface area contributed by atoms with Crippen LogP contribution in [0.25, 0.3) is 0 Å². The fourth-order valence-electron chi connectivity index (χ4n) is 2.33. The number of furan rings is 1. The lowest BCUT2D eigenvalue weighted by Gasteiger charge is -2.29. The summed E-state index contributed by atoms with van der Waals surface area (Å²) in [5, 5.41) is 8.10. The molecule has 1 aromatic rings. The summed E-state index contributed by atoms with van der Waals surface area (Å²) in [6, 6.07) is 4.11. The van der Waals surface area contributed by atoms with Crippen molar-refractivity contribution in [1.29, 1.82) is 5.41 Å². The Morgan fingerprint density at radius 2 is 2.38 bits per heavy atom. The Balaban J connectivity index is 2.22. The first-order valence-corrected chi connectivity index (χ1v) is 5.93. The number of hydrogen-bond acceptors (Lipinski definition) is 3. The van der Waals surface area contributed by atoms with E-state index in [0.29, 0.717) is 18.4 Å². The maximum atomic E-state index is 8.10. The normalized spacial score (nSPS) is 22.2. The van der Waals surface area contributed by atoms with Crippen molar-refractivity contribution < 1.29 is 4.42 Å². The molecule has 0 saturated carbocycles. The number of anilines is 1. The van der Waals surface area contributed by atoms with Gasteiger partial charge in [0, 0.05) is 18.5 Å². The lowest BCUT2D eigenvalue weighted by molar-refractivity contribution is 0.505. The van der Waals surface area contributed by atoms with E-state index in [1.807, 2.05) is 17.0 Å². The van der Waals surface area contributed by atoms with Crippen LogP contribution in [0.3, 0.4) is 0 Å². The van der Waals surface area contributed by atoms with Gasteiger partial charge in [-0.1, -0.05) is 6.42 Å².